The highest BCUT2D eigenvalue weighted by molar-refractivity contribution is 5.87. The molecular formula is C21H25N3O. The van der Waals surface area contributed by atoms with E-state index in [1.807, 2.05) is 25.6 Å². The highest BCUT2D eigenvalue weighted by Crippen LogP contribution is 2.28. The molecule has 4 nitrogen and oxygen atoms in total. The maximum absolute atomic E-state index is 5.97. The summed E-state index contributed by atoms with van der Waals surface area (Å²) in [6.07, 6.45) is 6.72. The van der Waals surface area contributed by atoms with E-state index in [9.17, 15) is 0 Å². The zero-order valence-corrected chi connectivity index (χ0v) is 14.7. The maximum atomic E-state index is 5.97. The number of aryl methyl sites for hydroxylation is 1. The minimum Gasteiger partial charge on any atom is -0.489 e. The molecule has 0 bridgehead atoms. The summed E-state index contributed by atoms with van der Waals surface area (Å²) in [6.45, 7) is 9.16. The number of benzene rings is 2. The monoisotopic (exact) mass is 335 g/mol. The van der Waals surface area contributed by atoms with Gasteiger partial charge in [-0.1, -0.05) is 36.9 Å². The molecule has 1 N–H and O–H groups in total. The highest BCUT2D eigenvalue weighted by atomic mass is 16.5. The lowest BCUT2D eigenvalue weighted by molar-refractivity contribution is 0.348. The van der Waals surface area contributed by atoms with E-state index in [1.54, 1.807) is 0 Å². The Balaban J connectivity index is 1.66. The SMILES string of the molecule is C=C(C)COc1ccc2ccccc2c1CNCCCn1ccnc1. The van der Waals surface area contributed by atoms with E-state index in [2.05, 4.69) is 57.8 Å². The smallest absolute Gasteiger partial charge is 0.124 e. The van der Waals surface area contributed by atoms with Gasteiger partial charge in [0.05, 0.1) is 6.33 Å². The summed E-state index contributed by atoms with van der Waals surface area (Å²) >= 11 is 0. The number of nitrogens with one attached hydrogen (secondary N) is 1. The number of rotatable bonds is 9. The fraction of sp³-hybridized carbons (Fsp3) is 0.286. The van der Waals surface area contributed by atoms with Gasteiger partial charge in [0.25, 0.3) is 0 Å². The van der Waals surface area contributed by atoms with Crippen molar-refractivity contribution in [3.63, 3.8) is 0 Å². The Morgan fingerprint density at radius 3 is 2.92 bits per heavy atom. The Bertz CT molecular complexity index is 824. The molecule has 0 saturated carbocycles. The molecule has 25 heavy (non-hydrogen) atoms. The summed E-state index contributed by atoms with van der Waals surface area (Å²) in [7, 11) is 0. The molecule has 0 unspecified atom stereocenters. The van der Waals surface area contributed by atoms with E-state index < -0.39 is 0 Å². The van der Waals surface area contributed by atoms with Crippen molar-refractivity contribution in [1.29, 1.82) is 0 Å². The first-order valence-corrected chi connectivity index (χ1v) is 8.68. The summed E-state index contributed by atoms with van der Waals surface area (Å²) in [5, 5.41) is 6.02. The number of imidazole rings is 1. The van der Waals surface area contributed by atoms with Gasteiger partial charge in [0, 0.05) is 31.0 Å². The third-order valence-corrected chi connectivity index (χ3v) is 4.10. The van der Waals surface area contributed by atoms with Crippen molar-refractivity contribution in [1.82, 2.24) is 14.9 Å². The van der Waals surface area contributed by atoms with Crippen LogP contribution in [0.25, 0.3) is 10.8 Å². The molecule has 0 aliphatic carbocycles. The van der Waals surface area contributed by atoms with E-state index in [0.29, 0.717) is 6.61 Å². The lowest BCUT2D eigenvalue weighted by Crippen LogP contribution is -2.17. The van der Waals surface area contributed by atoms with E-state index in [4.69, 9.17) is 4.74 Å². The third-order valence-electron chi connectivity index (χ3n) is 4.10. The molecule has 0 radical (unpaired) electrons. The average molecular weight is 335 g/mol. The van der Waals surface area contributed by atoms with Crippen LogP contribution in [0, 0.1) is 0 Å². The van der Waals surface area contributed by atoms with Gasteiger partial charge in [-0.2, -0.15) is 0 Å². The van der Waals surface area contributed by atoms with Gasteiger partial charge in [-0.25, -0.2) is 4.98 Å². The molecule has 0 aliphatic heterocycles. The summed E-state index contributed by atoms with van der Waals surface area (Å²) in [5.41, 5.74) is 2.23. The Kier molecular flexibility index (Phi) is 5.86. The van der Waals surface area contributed by atoms with Crippen LogP contribution in [0.3, 0.4) is 0 Å². The lowest BCUT2D eigenvalue weighted by Gasteiger charge is -2.15. The fourth-order valence-electron chi connectivity index (χ4n) is 2.85. The first-order valence-electron chi connectivity index (χ1n) is 8.68. The van der Waals surface area contributed by atoms with Gasteiger partial charge in [0.2, 0.25) is 0 Å². The minimum absolute atomic E-state index is 0.548. The van der Waals surface area contributed by atoms with Crippen molar-refractivity contribution < 1.29 is 4.74 Å². The molecule has 1 aromatic heterocycles. The molecule has 0 spiro atoms. The first-order chi connectivity index (χ1) is 12.2. The van der Waals surface area contributed by atoms with Crippen molar-refractivity contribution in [3.8, 4) is 5.75 Å². The number of aromatic nitrogens is 2. The van der Waals surface area contributed by atoms with Crippen molar-refractivity contribution in [2.45, 2.75) is 26.4 Å². The summed E-state index contributed by atoms with van der Waals surface area (Å²) in [6, 6.07) is 12.6. The Hall–Kier alpha value is -2.59. The van der Waals surface area contributed by atoms with Gasteiger partial charge >= 0.3 is 0 Å². The standard InChI is InChI=1S/C21H25N3O/c1-17(2)15-25-21-9-8-18-6-3-4-7-19(18)20(21)14-22-10-5-12-24-13-11-23-16-24/h3-4,6-9,11,13,16,22H,1,5,10,12,14-15H2,2H3. The van der Waals surface area contributed by atoms with Crippen LogP contribution in [0.15, 0.2) is 67.3 Å². The second kappa shape index (κ2) is 8.49. The molecule has 0 amide bonds. The number of fused-ring (bicyclic) bond motifs is 1. The van der Waals surface area contributed by atoms with E-state index in [0.717, 1.165) is 37.4 Å². The van der Waals surface area contributed by atoms with Crippen LogP contribution in [-0.4, -0.2) is 22.7 Å². The minimum atomic E-state index is 0.548. The molecule has 0 aliphatic rings. The van der Waals surface area contributed by atoms with Crippen LogP contribution < -0.4 is 10.1 Å². The van der Waals surface area contributed by atoms with Gasteiger partial charge in [0.15, 0.2) is 0 Å². The molecule has 2 aromatic carbocycles. The predicted molar refractivity (Wildman–Crippen MR) is 103 cm³/mol. The van der Waals surface area contributed by atoms with Gasteiger partial charge < -0.3 is 14.6 Å². The predicted octanol–water partition coefficient (Wildman–Crippen LogP) is 4.17. The quantitative estimate of drug-likeness (QED) is 0.471. The molecule has 0 fully saturated rings. The number of nitrogens with zero attached hydrogens (tertiary/aromatic N) is 2. The number of hydrogen-bond donors (Lipinski definition) is 1. The topological polar surface area (TPSA) is 39.1 Å². The largest absolute Gasteiger partial charge is 0.489 e. The van der Waals surface area contributed by atoms with Crippen LogP contribution in [0.4, 0.5) is 0 Å². The zero-order chi connectivity index (χ0) is 17.5. The normalized spacial score (nSPS) is 10.9. The van der Waals surface area contributed by atoms with E-state index in [1.165, 1.54) is 16.3 Å². The lowest BCUT2D eigenvalue weighted by atomic mass is 10.0. The van der Waals surface area contributed by atoms with Crippen LogP contribution in [0.2, 0.25) is 0 Å². The highest BCUT2D eigenvalue weighted by Gasteiger charge is 2.08. The fourth-order valence-corrected chi connectivity index (χ4v) is 2.85. The van der Waals surface area contributed by atoms with Crippen LogP contribution >= 0.6 is 0 Å². The second-order valence-corrected chi connectivity index (χ2v) is 6.34. The molecule has 0 atom stereocenters. The number of hydrogen-bond acceptors (Lipinski definition) is 3. The molecule has 130 valence electrons. The molecule has 3 rings (SSSR count). The van der Waals surface area contributed by atoms with Crippen LogP contribution in [0.1, 0.15) is 18.9 Å². The van der Waals surface area contributed by atoms with Gasteiger partial charge in [-0.3, -0.25) is 0 Å². The third kappa shape index (κ3) is 4.70. The van der Waals surface area contributed by atoms with Crippen molar-refractivity contribution in [3.05, 3.63) is 72.8 Å². The Morgan fingerprint density at radius 1 is 1.24 bits per heavy atom. The number of ether oxygens (including phenoxy) is 1. The maximum Gasteiger partial charge on any atom is 0.124 e. The van der Waals surface area contributed by atoms with Crippen molar-refractivity contribution in [2.24, 2.45) is 0 Å². The Morgan fingerprint density at radius 2 is 2.12 bits per heavy atom. The average Bonchev–Trinajstić information content (AvgIpc) is 3.13. The first kappa shape index (κ1) is 17.2. The van der Waals surface area contributed by atoms with E-state index >= 15 is 0 Å². The summed E-state index contributed by atoms with van der Waals surface area (Å²) in [5.74, 6) is 0.934. The molecule has 3 aromatic rings. The van der Waals surface area contributed by atoms with Gasteiger partial charge in [-0.05, 0) is 42.3 Å². The van der Waals surface area contributed by atoms with Crippen molar-refractivity contribution in [2.75, 3.05) is 13.2 Å². The second-order valence-electron chi connectivity index (χ2n) is 6.34. The summed E-state index contributed by atoms with van der Waals surface area (Å²) in [4.78, 5) is 4.07. The van der Waals surface area contributed by atoms with Gasteiger partial charge in [-0.15, -0.1) is 0 Å². The molecule has 4 heteroatoms. The Labute approximate surface area is 149 Å². The van der Waals surface area contributed by atoms with E-state index in [-0.39, 0.29) is 0 Å². The van der Waals surface area contributed by atoms with Crippen LogP contribution in [0.5, 0.6) is 5.75 Å². The zero-order valence-electron chi connectivity index (χ0n) is 14.7. The molecule has 1 heterocycles. The van der Waals surface area contributed by atoms with Crippen LogP contribution in [-0.2, 0) is 13.1 Å². The molecular weight excluding hydrogens is 310 g/mol. The van der Waals surface area contributed by atoms with Crippen molar-refractivity contribution >= 4 is 10.8 Å². The molecule has 0 saturated heterocycles. The van der Waals surface area contributed by atoms with Gasteiger partial charge in [0.1, 0.15) is 12.4 Å². The summed E-state index contributed by atoms with van der Waals surface area (Å²) < 4.78 is 8.07.